The van der Waals surface area contributed by atoms with Crippen LogP contribution in [-0.4, -0.2) is 0 Å². The molecule has 0 fully saturated rings. The van der Waals surface area contributed by atoms with Gasteiger partial charge in [0.2, 0.25) is 0 Å². The number of fused-ring (bicyclic) bond motifs is 4. The van der Waals surface area contributed by atoms with Crippen LogP contribution in [0, 0.1) is 0 Å². The molecule has 0 amide bonds. The molecule has 0 heteroatoms. The van der Waals surface area contributed by atoms with Crippen molar-refractivity contribution in [2.24, 2.45) is 0 Å². The second-order valence-corrected chi connectivity index (χ2v) is 9.75. The number of rotatable bonds is 4. The highest BCUT2D eigenvalue weighted by atomic mass is 14.2. The van der Waals surface area contributed by atoms with E-state index in [2.05, 4.69) is 0 Å². The van der Waals surface area contributed by atoms with E-state index in [0.29, 0.717) is 0 Å². The second-order valence-electron chi connectivity index (χ2n) is 9.75. The van der Waals surface area contributed by atoms with Crippen molar-refractivity contribution in [2.45, 2.75) is 0 Å². The van der Waals surface area contributed by atoms with Crippen molar-refractivity contribution >= 4 is 43.1 Å². The van der Waals surface area contributed by atoms with E-state index in [4.69, 9.17) is 26.0 Å². The van der Waals surface area contributed by atoms with E-state index in [1.54, 1.807) is 0 Å². The largest absolute Gasteiger partial charge is 0.0636 e. The van der Waals surface area contributed by atoms with Gasteiger partial charge in [0, 0.05) is 0 Å². The summed E-state index contributed by atoms with van der Waals surface area (Å²) in [7, 11) is 0. The molecular formula is C46H30. The summed E-state index contributed by atoms with van der Waals surface area (Å²) in [6.07, 6.45) is 0. The molecule has 0 aliphatic carbocycles. The molecule has 9 aromatic carbocycles. The summed E-state index contributed by atoms with van der Waals surface area (Å²) in [5.41, 5.74) is -6.97. The Morgan fingerprint density at radius 2 is 0.804 bits per heavy atom. The molecule has 0 aromatic heterocycles. The van der Waals surface area contributed by atoms with Gasteiger partial charge in [0.15, 0.2) is 0 Å². The Kier molecular flexibility index (Phi) is 2.37. The molecule has 0 saturated carbocycles. The lowest BCUT2D eigenvalue weighted by Crippen LogP contribution is -1.92. The first-order valence-electron chi connectivity index (χ1n) is 28.5. The summed E-state index contributed by atoms with van der Waals surface area (Å²) in [6, 6.07) is -30.0. The highest BCUT2D eigenvalue weighted by Gasteiger charge is 2.18. The zero-order valence-electron chi connectivity index (χ0n) is 53.0. The van der Waals surface area contributed by atoms with Gasteiger partial charge < -0.3 is 0 Å². The lowest BCUT2D eigenvalue weighted by molar-refractivity contribution is 1.62. The van der Waals surface area contributed by atoms with Gasteiger partial charge in [-0.05, 0) is 99.7 Å². The molecule has 0 radical (unpaired) electrons. The molecular weight excluding hydrogens is 553 g/mol. The third kappa shape index (κ3) is 4.38. The molecule has 0 aliphatic rings. The van der Waals surface area contributed by atoms with E-state index in [1.807, 2.05) is 0 Å². The average Bonchev–Trinajstić information content (AvgIpc) is 3.38. The zero-order valence-corrected chi connectivity index (χ0v) is 23.0. The predicted molar refractivity (Wildman–Crippen MR) is 198 cm³/mol. The number of hydrogen-bond donors (Lipinski definition) is 0. The van der Waals surface area contributed by atoms with Crippen molar-refractivity contribution < 1.29 is 41.1 Å². The Balaban J connectivity index is 1.64. The van der Waals surface area contributed by atoms with Crippen molar-refractivity contribution in [3.63, 3.8) is 0 Å². The first kappa shape index (κ1) is 10.0. The molecule has 0 bridgehead atoms. The quantitative estimate of drug-likeness (QED) is 0.173. The maximum absolute atomic E-state index is 10.00. The highest BCUT2D eigenvalue weighted by molar-refractivity contribution is 6.22. The van der Waals surface area contributed by atoms with Gasteiger partial charge in [-0.25, -0.2) is 0 Å². The van der Waals surface area contributed by atoms with E-state index < -0.39 is 269 Å². The van der Waals surface area contributed by atoms with E-state index in [9.17, 15) is 15.1 Å². The third-order valence-corrected chi connectivity index (χ3v) is 7.19. The SMILES string of the molecule is [2H]c1c([2H])c([2H])c(-c2c([2H])c([2H])c3c(-c4c([2H])c([2H])c5c([2H])c([2H])c([2H])c([2H])c5c4[2H])c4c([2H])c([2H])c([2H])c([2H])c4c(-c4c([2H])c([2H])c(-c5c([2H])c([2H])c([2H])c6c([2H])c([2H])c([2H])c([2H])c56)c([2H])c4[2H])c3c2[2H])c([2H])c1[2H]. The standard InChI is InChI=1S/C46H30/c1-2-11-31(12-3-1)37-27-28-43-44(30-37)45(35-24-22-34(23-25-35)40-20-10-16-33-14-6-7-17-39(33)40)41-18-8-9-19-42(41)46(43)38-26-21-32-13-4-5-15-36(32)29-38/h1-30H/i1D,2D,3D,4D,5D,6D,7D,8D,9D,10D,11D,12D,13D,14D,15D,16D,17D,18D,19D,20D,21D,22D,23D,24D,25D,26D,27D,28D,29D,30D. The highest BCUT2D eigenvalue weighted by Crippen LogP contribution is 2.45. The summed E-state index contributed by atoms with van der Waals surface area (Å²) in [6.45, 7) is 0. The Labute approximate surface area is 311 Å². The lowest BCUT2D eigenvalue weighted by atomic mass is 9.84. The van der Waals surface area contributed by atoms with Crippen molar-refractivity contribution in [1.29, 1.82) is 0 Å². The van der Waals surface area contributed by atoms with Crippen LogP contribution in [0.3, 0.4) is 0 Å². The molecule has 0 unspecified atom stereocenters. The summed E-state index contributed by atoms with van der Waals surface area (Å²) in [5, 5.41) is -6.02. The topological polar surface area (TPSA) is 0 Å². The molecule has 9 aromatic rings. The second kappa shape index (κ2) is 10.9. The zero-order chi connectivity index (χ0) is 56.6. The Morgan fingerprint density at radius 3 is 1.59 bits per heavy atom. The van der Waals surface area contributed by atoms with Crippen LogP contribution in [-0.2, 0) is 0 Å². The molecule has 0 saturated heterocycles. The van der Waals surface area contributed by atoms with Crippen LogP contribution in [0.25, 0.3) is 87.6 Å². The van der Waals surface area contributed by atoms with Gasteiger partial charge in [0.1, 0.15) is 0 Å². The Bertz CT molecular complexity index is 4210. The van der Waals surface area contributed by atoms with Gasteiger partial charge in [-0.15, -0.1) is 0 Å². The van der Waals surface area contributed by atoms with E-state index in [1.165, 1.54) is 0 Å². The van der Waals surface area contributed by atoms with Crippen LogP contribution in [0.2, 0.25) is 0 Å². The fourth-order valence-electron chi connectivity index (χ4n) is 5.19. The van der Waals surface area contributed by atoms with Gasteiger partial charge in [0.05, 0.1) is 41.1 Å². The normalized spacial score (nSPS) is 20.6. The summed E-state index contributed by atoms with van der Waals surface area (Å²) < 4.78 is 270. The molecule has 0 aliphatic heterocycles. The summed E-state index contributed by atoms with van der Waals surface area (Å²) in [5.74, 6) is 0. The smallest absolute Gasteiger partial charge is 0.0622 e. The summed E-state index contributed by atoms with van der Waals surface area (Å²) >= 11 is 0. The van der Waals surface area contributed by atoms with Crippen molar-refractivity contribution in [3.8, 4) is 44.5 Å². The fourth-order valence-corrected chi connectivity index (χ4v) is 5.19. The van der Waals surface area contributed by atoms with Crippen LogP contribution in [0.4, 0.5) is 0 Å². The minimum absolute atomic E-state index is 0.623. The lowest BCUT2D eigenvalue weighted by Gasteiger charge is -2.19. The molecule has 214 valence electrons. The van der Waals surface area contributed by atoms with Gasteiger partial charge in [0.25, 0.3) is 0 Å². The van der Waals surface area contributed by atoms with Gasteiger partial charge in [-0.2, -0.15) is 0 Å². The number of benzene rings is 9. The Hall–Kier alpha value is -5.98. The van der Waals surface area contributed by atoms with Crippen LogP contribution in [0.1, 0.15) is 41.1 Å². The van der Waals surface area contributed by atoms with Crippen LogP contribution < -0.4 is 0 Å². The number of hydrogen-bond acceptors (Lipinski definition) is 0. The van der Waals surface area contributed by atoms with Crippen molar-refractivity contribution in [3.05, 3.63) is 181 Å². The predicted octanol–water partition coefficient (Wildman–Crippen LogP) is 13.0. The summed E-state index contributed by atoms with van der Waals surface area (Å²) in [4.78, 5) is 0. The molecule has 9 rings (SSSR count). The first-order chi connectivity index (χ1) is 35.3. The average molecular weight is 613 g/mol. The maximum atomic E-state index is 10.00. The molecule has 0 spiro atoms. The van der Waals surface area contributed by atoms with E-state index in [0.717, 1.165) is 0 Å². The molecule has 0 atom stereocenters. The van der Waals surface area contributed by atoms with Crippen molar-refractivity contribution in [1.82, 2.24) is 0 Å². The molecule has 0 N–H and O–H groups in total. The minimum atomic E-state index is -1.18. The van der Waals surface area contributed by atoms with Crippen LogP contribution >= 0.6 is 0 Å². The van der Waals surface area contributed by atoms with Crippen LogP contribution in [0.5, 0.6) is 0 Å². The maximum Gasteiger partial charge on any atom is 0.0636 e. The molecule has 0 nitrogen and oxygen atoms in total. The van der Waals surface area contributed by atoms with Crippen LogP contribution in [0.15, 0.2) is 181 Å². The Morgan fingerprint density at radius 1 is 0.261 bits per heavy atom. The van der Waals surface area contributed by atoms with Gasteiger partial charge >= 0.3 is 0 Å². The van der Waals surface area contributed by atoms with Gasteiger partial charge in [-0.1, -0.05) is 169 Å². The third-order valence-electron chi connectivity index (χ3n) is 7.19. The fraction of sp³-hybridized carbons (Fsp3) is 0. The van der Waals surface area contributed by atoms with Gasteiger partial charge in [-0.3, -0.25) is 0 Å². The first-order valence-corrected chi connectivity index (χ1v) is 13.5. The van der Waals surface area contributed by atoms with E-state index in [-0.39, 0.29) is 0 Å². The molecule has 46 heavy (non-hydrogen) atoms. The molecule has 0 heterocycles. The van der Waals surface area contributed by atoms with Crippen molar-refractivity contribution in [2.75, 3.05) is 0 Å². The monoisotopic (exact) mass is 612 g/mol. The minimum Gasteiger partial charge on any atom is -0.0622 e. The van der Waals surface area contributed by atoms with E-state index >= 15 is 0 Å².